The van der Waals surface area contributed by atoms with Crippen LogP contribution >= 0.6 is 0 Å². The fraction of sp³-hybridized carbons (Fsp3) is 0.615. The second-order valence-corrected chi connectivity index (χ2v) is 5.45. The number of hydrogen-bond acceptors (Lipinski definition) is 2. The summed E-state index contributed by atoms with van der Waals surface area (Å²) in [4.78, 5) is 0. The van der Waals surface area contributed by atoms with Gasteiger partial charge in [-0.1, -0.05) is 23.8 Å². The molecule has 0 aromatic heterocycles. The molecular weight excluding hydrogens is 186 g/mol. The predicted molar refractivity (Wildman–Crippen MR) is 64.2 cm³/mol. The van der Waals surface area contributed by atoms with Gasteiger partial charge >= 0.3 is 0 Å². The predicted octanol–water partition coefficient (Wildman–Crippen LogP) is 2.94. The molecule has 2 unspecified atom stereocenters. The number of aliphatic hydroxyl groups is 1. The average Bonchev–Trinajstić information content (AvgIpc) is 2.78. The first kappa shape index (κ1) is 12.2. The minimum atomic E-state index is -0.500. The normalized spacial score (nSPS) is 32.1. The molecule has 2 atom stereocenters. The number of fused-ring (bicyclic) bond motifs is 1. The molecule has 2 aliphatic rings. The van der Waals surface area contributed by atoms with E-state index in [1.807, 2.05) is 0 Å². The molecule has 2 nitrogen and oxygen atoms in total. The Labute approximate surface area is 92.2 Å². The molecule has 0 aromatic rings. The van der Waals surface area contributed by atoms with E-state index >= 15 is 0 Å². The third-order valence-corrected chi connectivity index (χ3v) is 2.63. The third-order valence-electron chi connectivity index (χ3n) is 2.63. The van der Waals surface area contributed by atoms with Crippen molar-refractivity contribution in [1.29, 1.82) is 5.41 Å². The number of nitrogens with one attached hydrogen (secondary N) is 1. The smallest absolute Gasteiger partial charge is 0.0563 e. The molecule has 1 saturated carbocycles. The summed E-state index contributed by atoms with van der Waals surface area (Å²) in [5.74, 6) is 0.662. The number of hydrogen-bond donors (Lipinski definition) is 2. The zero-order valence-corrected chi connectivity index (χ0v) is 10.0. The van der Waals surface area contributed by atoms with E-state index in [0.29, 0.717) is 5.92 Å². The van der Waals surface area contributed by atoms with Gasteiger partial charge in [0.05, 0.1) is 5.60 Å². The summed E-state index contributed by atoms with van der Waals surface area (Å²) in [7, 11) is 0. The minimum absolute atomic E-state index is 0.152. The molecule has 0 saturated heterocycles. The van der Waals surface area contributed by atoms with E-state index in [1.165, 1.54) is 5.57 Å². The maximum absolute atomic E-state index is 8.52. The van der Waals surface area contributed by atoms with Crippen molar-refractivity contribution in [1.82, 2.24) is 0 Å². The summed E-state index contributed by atoms with van der Waals surface area (Å²) in [6.45, 7) is 7.38. The van der Waals surface area contributed by atoms with E-state index in [-0.39, 0.29) is 5.41 Å². The molecule has 0 aromatic carbocycles. The molecule has 2 aliphatic carbocycles. The lowest BCUT2D eigenvalue weighted by Crippen LogP contribution is -2.10. The van der Waals surface area contributed by atoms with Gasteiger partial charge in [-0.3, -0.25) is 0 Å². The highest BCUT2D eigenvalue weighted by Crippen LogP contribution is 2.57. The van der Waals surface area contributed by atoms with E-state index in [9.17, 15) is 0 Å². The van der Waals surface area contributed by atoms with Gasteiger partial charge in [0.25, 0.3) is 0 Å². The lowest BCUT2D eigenvalue weighted by Gasteiger charge is -2.08. The number of rotatable bonds is 1. The van der Waals surface area contributed by atoms with Crippen LogP contribution in [0.15, 0.2) is 23.8 Å². The molecule has 2 heteroatoms. The standard InChI is InChI=1S/C9H11N.C4H10O/c1-7-3-2-4-9(6-10)5-8(7)9;1-4(2,3)5/h2-4,6,8,10H,5H2,1H3;5H,1-3H3. The largest absolute Gasteiger partial charge is 0.391 e. The summed E-state index contributed by atoms with van der Waals surface area (Å²) in [5.41, 5.74) is 1.09. The lowest BCUT2D eigenvalue weighted by molar-refractivity contribution is 0.102. The molecule has 0 spiro atoms. The monoisotopic (exact) mass is 207 g/mol. The lowest BCUT2D eigenvalue weighted by atomic mass is 9.96. The first-order chi connectivity index (χ1) is 6.78. The highest BCUT2D eigenvalue weighted by atomic mass is 16.3. The topological polar surface area (TPSA) is 44.1 Å². The zero-order valence-electron chi connectivity index (χ0n) is 10.0. The van der Waals surface area contributed by atoms with Crippen LogP contribution in [-0.4, -0.2) is 16.9 Å². The average molecular weight is 207 g/mol. The van der Waals surface area contributed by atoms with Gasteiger partial charge in [0.1, 0.15) is 0 Å². The van der Waals surface area contributed by atoms with Crippen molar-refractivity contribution in [2.24, 2.45) is 11.3 Å². The summed E-state index contributed by atoms with van der Waals surface area (Å²) in [5, 5.41) is 15.7. The van der Waals surface area contributed by atoms with E-state index in [2.05, 4.69) is 25.2 Å². The molecule has 84 valence electrons. The highest BCUT2D eigenvalue weighted by molar-refractivity contribution is 5.73. The maximum Gasteiger partial charge on any atom is 0.0563 e. The van der Waals surface area contributed by atoms with Crippen LogP contribution in [0.25, 0.3) is 0 Å². The number of allylic oxidation sites excluding steroid dienone is 4. The minimum Gasteiger partial charge on any atom is -0.391 e. The Morgan fingerprint density at radius 2 is 2.07 bits per heavy atom. The van der Waals surface area contributed by atoms with Crippen molar-refractivity contribution >= 4 is 6.21 Å². The maximum atomic E-state index is 8.52. The van der Waals surface area contributed by atoms with E-state index in [1.54, 1.807) is 27.0 Å². The van der Waals surface area contributed by atoms with Crippen molar-refractivity contribution in [2.75, 3.05) is 0 Å². The zero-order chi connectivity index (χ0) is 11.7. The Balaban J connectivity index is 0.000000195. The molecule has 2 N–H and O–H groups in total. The Morgan fingerprint density at radius 3 is 2.47 bits per heavy atom. The highest BCUT2D eigenvalue weighted by Gasteiger charge is 2.52. The van der Waals surface area contributed by atoms with Gasteiger partial charge in [0.2, 0.25) is 0 Å². The second kappa shape index (κ2) is 3.93. The van der Waals surface area contributed by atoms with Gasteiger partial charge in [-0.05, 0) is 40.0 Å². The van der Waals surface area contributed by atoms with Crippen molar-refractivity contribution < 1.29 is 5.11 Å². The summed E-state index contributed by atoms with van der Waals surface area (Å²) < 4.78 is 0. The van der Waals surface area contributed by atoms with Crippen molar-refractivity contribution in [2.45, 2.75) is 39.7 Å². The molecule has 15 heavy (non-hydrogen) atoms. The summed E-state index contributed by atoms with van der Waals surface area (Å²) >= 11 is 0. The van der Waals surface area contributed by atoms with Gasteiger partial charge in [0.15, 0.2) is 0 Å². The van der Waals surface area contributed by atoms with Crippen LogP contribution in [0.2, 0.25) is 0 Å². The molecular formula is C13H21NO. The first-order valence-electron chi connectivity index (χ1n) is 5.38. The van der Waals surface area contributed by atoms with Gasteiger partial charge < -0.3 is 10.5 Å². The Bertz CT molecular complexity index is 303. The van der Waals surface area contributed by atoms with E-state index in [0.717, 1.165) is 6.42 Å². The molecule has 1 fully saturated rings. The summed E-state index contributed by atoms with van der Waals surface area (Å²) in [6, 6.07) is 0. The SMILES string of the molecule is CC(C)(C)O.CC1=CC=CC2(C=N)CC12. The quantitative estimate of drug-likeness (QED) is 0.638. The fourth-order valence-electron chi connectivity index (χ4n) is 1.77. The van der Waals surface area contributed by atoms with Crippen LogP contribution in [0.4, 0.5) is 0 Å². The van der Waals surface area contributed by atoms with Gasteiger partial charge in [0, 0.05) is 11.6 Å². The van der Waals surface area contributed by atoms with Crippen molar-refractivity contribution in [3.8, 4) is 0 Å². The molecule has 0 bridgehead atoms. The molecule has 0 aliphatic heterocycles. The van der Waals surface area contributed by atoms with E-state index < -0.39 is 5.60 Å². The Morgan fingerprint density at radius 1 is 1.53 bits per heavy atom. The van der Waals surface area contributed by atoms with Gasteiger partial charge in [-0.15, -0.1) is 0 Å². The van der Waals surface area contributed by atoms with Crippen LogP contribution < -0.4 is 0 Å². The molecule has 0 radical (unpaired) electrons. The Hall–Kier alpha value is -0.890. The van der Waals surface area contributed by atoms with Crippen molar-refractivity contribution in [3.05, 3.63) is 23.8 Å². The molecule has 2 rings (SSSR count). The van der Waals surface area contributed by atoms with Crippen LogP contribution in [0.3, 0.4) is 0 Å². The molecule has 0 heterocycles. The summed E-state index contributed by atoms with van der Waals surface area (Å²) in [6.07, 6.45) is 9.13. The van der Waals surface area contributed by atoms with Gasteiger partial charge in [-0.2, -0.15) is 0 Å². The second-order valence-electron chi connectivity index (χ2n) is 5.45. The van der Waals surface area contributed by atoms with E-state index in [4.69, 9.17) is 10.5 Å². The van der Waals surface area contributed by atoms with Crippen LogP contribution in [-0.2, 0) is 0 Å². The molecule has 0 amide bonds. The Kier molecular flexibility index (Phi) is 3.19. The van der Waals surface area contributed by atoms with Crippen LogP contribution in [0.1, 0.15) is 34.1 Å². The van der Waals surface area contributed by atoms with Crippen molar-refractivity contribution in [3.63, 3.8) is 0 Å². The van der Waals surface area contributed by atoms with Crippen LogP contribution in [0, 0.1) is 16.7 Å². The van der Waals surface area contributed by atoms with Crippen LogP contribution in [0.5, 0.6) is 0 Å². The van der Waals surface area contributed by atoms with Gasteiger partial charge in [-0.25, -0.2) is 0 Å². The fourth-order valence-corrected chi connectivity index (χ4v) is 1.77. The third kappa shape index (κ3) is 3.31. The first-order valence-corrected chi connectivity index (χ1v) is 5.38.